The predicted molar refractivity (Wildman–Crippen MR) is 104 cm³/mol. The number of rotatable bonds is 5. The number of carbonyl (C=O) groups excluding carboxylic acids is 1. The molecule has 5 nitrogen and oxygen atoms in total. The number of hydrogen-bond acceptors (Lipinski definition) is 3. The first-order valence-corrected chi connectivity index (χ1v) is 9.01. The number of oxime groups is 1. The number of aryl methyl sites for hydroxylation is 1. The number of fused-ring (bicyclic) bond motifs is 1. The van der Waals surface area contributed by atoms with E-state index in [1.54, 1.807) is 11.0 Å². The average Bonchev–Trinajstić information content (AvgIpc) is 2.63. The van der Waals surface area contributed by atoms with Crippen LogP contribution in [0.25, 0.3) is 0 Å². The number of hydrogen-bond donors (Lipinski definition) is 1. The Balaban J connectivity index is 1.61. The highest BCUT2D eigenvalue weighted by Gasteiger charge is 2.28. The Hall–Kier alpha value is -2.53. The van der Waals surface area contributed by atoms with Gasteiger partial charge in [0.25, 0.3) is 5.91 Å². The summed E-state index contributed by atoms with van der Waals surface area (Å²) < 4.78 is 0. The van der Waals surface area contributed by atoms with E-state index in [9.17, 15) is 4.79 Å². The largest absolute Gasteiger partial charge is 0.384 e. The number of para-hydroxylation sites is 1. The molecule has 26 heavy (non-hydrogen) atoms. The molecule has 1 atom stereocenters. The first-order valence-electron chi connectivity index (χ1n) is 8.64. The summed E-state index contributed by atoms with van der Waals surface area (Å²) in [5, 5.41) is 4.49. The van der Waals surface area contributed by atoms with E-state index >= 15 is 0 Å². The van der Waals surface area contributed by atoms with Gasteiger partial charge in [0.2, 0.25) is 0 Å². The van der Waals surface area contributed by atoms with Crippen molar-refractivity contribution < 1.29 is 9.63 Å². The van der Waals surface area contributed by atoms with Crippen LogP contribution in [0.5, 0.6) is 0 Å². The van der Waals surface area contributed by atoms with Gasteiger partial charge in [-0.2, -0.15) is 0 Å². The molecule has 1 aliphatic rings. The minimum absolute atomic E-state index is 0.126. The first-order chi connectivity index (χ1) is 12.6. The molecule has 0 saturated carbocycles. The molecule has 0 bridgehead atoms. The quantitative estimate of drug-likeness (QED) is 0.496. The van der Waals surface area contributed by atoms with Crippen LogP contribution in [-0.2, 0) is 22.5 Å². The summed E-state index contributed by atoms with van der Waals surface area (Å²) in [5.41, 5.74) is 8.88. The molecule has 2 aromatic rings. The summed E-state index contributed by atoms with van der Waals surface area (Å²) in [6, 6.07) is 15.5. The van der Waals surface area contributed by atoms with Crippen molar-refractivity contribution in [3.05, 3.63) is 64.7 Å². The Morgan fingerprint density at radius 1 is 1.27 bits per heavy atom. The summed E-state index contributed by atoms with van der Waals surface area (Å²) in [4.78, 5) is 19.6. The number of anilines is 1. The maximum atomic E-state index is 12.6. The van der Waals surface area contributed by atoms with Crippen LogP contribution in [0.4, 0.5) is 5.69 Å². The molecule has 6 heteroatoms. The third-order valence-corrected chi connectivity index (χ3v) is 4.86. The number of amidine groups is 1. The molecule has 1 unspecified atom stereocenters. The van der Waals surface area contributed by atoms with Crippen molar-refractivity contribution >= 4 is 29.0 Å². The zero-order chi connectivity index (χ0) is 18.5. The van der Waals surface area contributed by atoms with Crippen molar-refractivity contribution in [1.29, 1.82) is 0 Å². The monoisotopic (exact) mass is 371 g/mol. The maximum Gasteiger partial charge on any atom is 0.268 e. The van der Waals surface area contributed by atoms with Gasteiger partial charge in [0.1, 0.15) is 5.84 Å². The van der Waals surface area contributed by atoms with Crippen LogP contribution in [0.3, 0.4) is 0 Å². The highest BCUT2D eigenvalue weighted by molar-refractivity contribution is 6.31. The van der Waals surface area contributed by atoms with Gasteiger partial charge in [-0.15, -0.1) is 0 Å². The molecule has 136 valence electrons. The summed E-state index contributed by atoms with van der Waals surface area (Å²) in [6.45, 7) is 1.89. The Morgan fingerprint density at radius 2 is 2.00 bits per heavy atom. The molecule has 0 aromatic heterocycles. The van der Waals surface area contributed by atoms with Crippen LogP contribution in [-0.4, -0.2) is 24.4 Å². The Bertz CT molecular complexity index is 822. The average molecular weight is 372 g/mol. The van der Waals surface area contributed by atoms with E-state index in [1.807, 2.05) is 43.3 Å². The fourth-order valence-corrected chi connectivity index (χ4v) is 3.38. The lowest BCUT2D eigenvalue weighted by molar-refractivity contribution is -0.123. The summed E-state index contributed by atoms with van der Waals surface area (Å²) in [7, 11) is 0. The minimum atomic E-state index is -0.151. The number of amides is 1. The molecule has 0 aliphatic carbocycles. The molecule has 0 saturated heterocycles. The molecule has 2 N–H and O–H groups in total. The smallest absolute Gasteiger partial charge is 0.268 e. The van der Waals surface area contributed by atoms with E-state index in [2.05, 4.69) is 11.2 Å². The number of benzene rings is 2. The second-order valence-corrected chi connectivity index (χ2v) is 6.81. The number of nitrogens with zero attached hydrogens (tertiary/aromatic N) is 2. The molecular formula is C20H22ClN3O2. The lowest BCUT2D eigenvalue weighted by atomic mass is 9.96. The van der Waals surface area contributed by atoms with E-state index in [0.717, 1.165) is 24.1 Å². The van der Waals surface area contributed by atoms with Crippen molar-refractivity contribution in [2.75, 3.05) is 11.5 Å². The number of carbonyl (C=O) groups is 1. The highest BCUT2D eigenvalue weighted by Crippen LogP contribution is 2.30. The minimum Gasteiger partial charge on any atom is -0.384 e. The molecular weight excluding hydrogens is 350 g/mol. The zero-order valence-electron chi connectivity index (χ0n) is 14.7. The molecule has 1 aliphatic heterocycles. The van der Waals surface area contributed by atoms with E-state index < -0.39 is 0 Å². The summed E-state index contributed by atoms with van der Waals surface area (Å²) in [5.74, 6) is 0.150. The van der Waals surface area contributed by atoms with Crippen molar-refractivity contribution in [2.24, 2.45) is 10.9 Å². The van der Waals surface area contributed by atoms with Gasteiger partial charge in [-0.3, -0.25) is 4.79 Å². The van der Waals surface area contributed by atoms with Gasteiger partial charge in [0.05, 0.1) is 0 Å². The molecule has 0 fully saturated rings. The van der Waals surface area contributed by atoms with Crippen LogP contribution >= 0.6 is 11.6 Å². The van der Waals surface area contributed by atoms with Crippen molar-refractivity contribution in [1.82, 2.24) is 0 Å². The van der Waals surface area contributed by atoms with Gasteiger partial charge in [-0.05, 0) is 43.0 Å². The van der Waals surface area contributed by atoms with E-state index in [-0.39, 0.29) is 24.4 Å². The van der Waals surface area contributed by atoms with Crippen molar-refractivity contribution in [3.63, 3.8) is 0 Å². The van der Waals surface area contributed by atoms with E-state index in [1.165, 1.54) is 5.56 Å². The lowest BCUT2D eigenvalue weighted by Crippen LogP contribution is -2.43. The predicted octanol–water partition coefficient (Wildman–Crippen LogP) is 3.54. The van der Waals surface area contributed by atoms with Gasteiger partial charge >= 0.3 is 0 Å². The molecule has 0 spiro atoms. The first kappa shape index (κ1) is 18.3. The van der Waals surface area contributed by atoms with Gasteiger partial charge < -0.3 is 15.5 Å². The normalized spacial score (nSPS) is 16.9. The molecule has 3 rings (SSSR count). The standard InChI is InChI=1S/C20H22ClN3O2/c1-14-10-11-15-6-3-5-9-18(15)24(14)20(25)13-26-23-19(22)12-16-7-2-4-8-17(16)21/h2-9,14H,10-13H2,1H3,(H2,22,23). The van der Waals surface area contributed by atoms with E-state index in [0.29, 0.717) is 11.4 Å². The Labute approximate surface area is 158 Å². The molecule has 2 aromatic carbocycles. The van der Waals surface area contributed by atoms with Gasteiger partial charge in [-0.1, -0.05) is 53.2 Å². The van der Waals surface area contributed by atoms with Crippen LogP contribution in [0.15, 0.2) is 53.7 Å². The zero-order valence-corrected chi connectivity index (χ0v) is 15.4. The number of nitrogens with two attached hydrogens (primary N) is 1. The summed E-state index contributed by atoms with van der Waals surface area (Å²) in [6.07, 6.45) is 2.28. The summed E-state index contributed by atoms with van der Waals surface area (Å²) >= 11 is 6.11. The van der Waals surface area contributed by atoms with Crippen molar-refractivity contribution in [3.8, 4) is 0 Å². The van der Waals surface area contributed by atoms with E-state index in [4.69, 9.17) is 22.2 Å². The second kappa shape index (κ2) is 8.23. The van der Waals surface area contributed by atoms with Gasteiger partial charge in [0, 0.05) is 23.2 Å². The highest BCUT2D eigenvalue weighted by atomic mass is 35.5. The van der Waals surface area contributed by atoms with Crippen LogP contribution < -0.4 is 10.6 Å². The third kappa shape index (κ3) is 4.17. The maximum absolute atomic E-state index is 12.6. The Kier molecular flexibility index (Phi) is 5.78. The van der Waals surface area contributed by atoms with Crippen molar-refractivity contribution in [2.45, 2.75) is 32.2 Å². The molecule has 1 amide bonds. The van der Waals surface area contributed by atoms with Crippen LogP contribution in [0.2, 0.25) is 5.02 Å². The molecule has 0 radical (unpaired) electrons. The fourth-order valence-electron chi connectivity index (χ4n) is 3.18. The SMILES string of the molecule is CC1CCc2ccccc2N1C(=O)CO/N=C(\N)Cc1ccccc1Cl. The van der Waals surface area contributed by atoms with Crippen LogP contribution in [0.1, 0.15) is 24.5 Å². The second-order valence-electron chi connectivity index (χ2n) is 6.40. The molecule has 1 heterocycles. The fraction of sp³-hybridized carbons (Fsp3) is 0.300. The topological polar surface area (TPSA) is 67.9 Å². The lowest BCUT2D eigenvalue weighted by Gasteiger charge is -2.34. The van der Waals surface area contributed by atoms with Gasteiger partial charge in [0.15, 0.2) is 6.61 Å². The third-order valence-electron chi connectivity index (χ3n) is 4.49. The number of halogens is 1. The van der Waals surface area contributed by atoms with Gasteiger partial charge in [-0.25, -0.2) is 0 Å². The Morgan fingerprint density at radius 3 is 2.81 bits per heavy atom. The van der Waals surface area contributed by atoms with Crippen LogP contribution in [0, 0.1) is 0 Å².